The first-order valence-corrected chi connectivity index (χ1v) is 11.8. The Balaban J connectivity index is 1.56. The van der Waals surface area contributed by atoms with Crippen molar-refractivity contribution in [3.8, 4) is 0 Å². The van der Waals surface area contributed by atoms with Crippen LogP contribution in [0.3, 0.4) is 0 Å². The highest BCUT2D eigenvalue weighted by Crippen LogP contribution is 2.68. The molecule has 0 heterocycles. The highest BCUT2D eigenvalue weighted by Gasteiger charge is 2.63. The minimum Gasteiger partial charge on any atom is -0.481 e. The zero-order valence-corrected chi connectivity index (χ0v) is 17.9. The van der Waals surface area contributed by atoms with E-state index in [9.17, 15) is 15.0 Å². The molecular formula is C24H40O4. The summed E-state index contributed by atoms with van der Waals surface area (Å²) in [7, 11) is 0. The smallest absolute Gasteiger partial charge is 0.303 e. The summed E-state index contributed by atoms with van der Waals surface area (Å²) in [5.41, 5.74) is 0.216. The van der Waals surface area contributed by atoms with Gasteiger partial charge in [0, 0.05) is 6.42 Å². The zero-order valence-electron chi connectivity index (χ0n) is 17.9. The minimum absolute atomic E-state index is 0.0591. The fraction of sp³-hybridized carbons (Fsp3) is 0.958. The predicted octanol–water partition coefficient (Wildman–Crippen LogP) is 4.48. The second-order valence-electron chi connectivity index (χ2n) is 11.3. The molecule has 0 spiro atoms. The highest BCUT2D eigenvalue weighted by atomic mass is 16.4. The first-order valence-electron chi connectivity index (χ1n) is 11.8. The molecule has 3 N–H and O–H groups in total. The van der Waals surface area contributed by atoms with E-state index in [0.29, 0.717) is 35.5 Å². The zero-order chi connectivity index (χ0) is 20.3. The van der Waals surface area contributed by atoms with Crippen LogP contribution in [0.1, 0.15) is 85.0 Å². The van der Waals surface area contributed by atoms with E-state index in [2.05, 4.69) is 20.8 Å². The van der Waals surface area contributed by atoms with Crippen LogP contribution in [0.15, 0.2) is 0 Å². The van der Waals surface area contributed by atoms with Crippen LogP contribution in [0.5, 0.6) is 0 Å². The number of carboxylic acid groups (broad SMARTS) is 1. The number of carboxylic acids is 1. The van der Waals surface area contributed by atoms with E-state index < -0.39 is 5.97 Å². The molecule has 4 aliphatic rings. The number of hydrogen-bond donors (Lipinski definition) is 3. The number of carbonyl (C=O) groups is 1. The average molecular weight is 393 g/mol. The van der Waals surface area contributed by atoms with Gasteiger partial charge in [0.25, 0.3) is 0 Å². The van der Waals surface area contributed by atoms with Gasteiger partial charge in [0.2, 0.25) is 0 Å². The Labute approximate surface area is 170 Å². The van der Waals surface area contributed by atoms with Gasteiger partial charge in [0.15, 0.2) is 0 Å². The normalized spacial score (nSPS) is 51.7. The Kier molecular flexibility index (Phi) is 5.36. The molecular weight excluding hydrogens is 352 g/mol. The van der Waals surface area contributed by atoms with Crippen LogP contribution in [-0.2, 0) is 4.79 Å². The number of fused-ring (bicyclic) bond motifs is 5. The first-order chi connectivity index (χ1) is 13.2. The molecule has 10 atom stereocenters. The molecule has 0 aromatic heterocycles. The maximum Gasteiger partial charge on any atom is 0.303 e. The molecule has 4 nitrogen and oxygen atoms in total. The Bertz CT molecular complexity index is 605. The molecule has 4 heteroatoms. The number of hydrogen-bond acceptors (Lipinski definition) is 3. The maximum atomic E-state index is 11.5. The molecule has 4 saturated carbocycles. The summed E-state index contributed by atoms with van der Waals surface area (Å²) in [6.45, 7) is 6.99. The standard InChI is InChI=1S/C24H40O4/c1-14(4-9-22(27)28)18-7-8-19-17-6-5-15-12-16(25)10-11-23(15,2)20(17)13-21(26)24(18,19)3/h14-21,25-26H,4-13H2,1-3H3,(H,27,28)/t14-,15+,16-,17+,18?,19+,20+,21+,23+,24-/m1/s1. The third kappa shape index (κ3) is 3.05. The summed E-state index contributed by atoms with van der Waals surface area (Å²) in [6.07, 6.45) is 9.26. The Morgan fingerprint density at radius 1 is 1.04 bits per heavy atom. The van der Waals surface area contributed by atoms with E-state index in [4.69, 9.17) is 5.11 Å². The van der Waals surface area contributed by atoms with Crippen LogP contribution in [0.2, 0.25) is 0 Å². The molecule has 0 aromatic rings. The van der Waals surface area contributed by atoms with Gasteiger partial charge in [-0.15, -0.1) is 0 Å². The second-order valence-corrected chi connectivity index (χ2v) is 11.3. The molecule has 0 amide bonds. The van der Waals surface area contributed by atoms with E-state index in [0.717, 1.165) is 38.5 Å². The summed E-state index contributed by atoms with van der Waals surface area (Å²) in [6, 6.07) is 0. The maximum absolute atomic E-state index is 11.5. The monoisotopic (exact) mass is 392 g/mol. The first kappa shape index (κ1) is 20.7. The van der Waals surface area contributed by atoms with E-state index in [1.165, 1.54) is 19.3 Å². The van der Waals surface area contributed by atoms with Crippen LogP contribution in [-0.4, -0.2) is 33.5 Å². The van der Waals surface area contributed by atoms with Crippen LogP contribution < -0.4 is 0 Å². The van der Waals surface area contributed by atoms with Crippen molar-refractivity contribution < 1.29 is 20.1 Å². The topological polar surface area (TPSA) is 77.8 Å². The van der Waals surface area contributed by atoms with Crippen LogP contribution in [0, 0.1) is 46.3 Å². The van der Waals surface area contributed by atoms with Crippen molar-refractivity contribution in [2.45, 2.75) is 97.2 Å². The number of aliphatic hydroxyl groups is 2. The molecule has 4 rings (SSSR count). The lowest BCUT2D eigenvalue weighted by atomic mass is 9.43. The van der Waals surface area contributed by atoms with E-state index in [1.807, 2.05) is 0 Å². The van der Waals surface area contributed by atoms with Crippen molar-refractivity contribution in [2.24, 2.45) is 46.3 Å². The Morgan fingerprint density at radius 3 is 2.50 bits per heavy atom. The van der Waals surface area contributed by atoms with Crippen molar-refractivity contribution in [1.82, 2.24) is 0 Å². The molecule has 0 radical (unpaired) electrons. The van der Waals surface area contributed by atoms with Gasteiger partial charge in [0.1, 0.15) is 0 Å². The molecule has 4 aliphatic carbocycles. The predicted molar refractivity (Wildman–Crippen MR) is 109 cm³/mol. The van der Waals surface area contributed by atoms with Gasteiger partial charge in [-0.3, -0.25) is 4.79 Å². The van der Waals surface area contributed by atoms with Crippen molar-refractivity contribution in [3.05, 3.63) is 0 Å². The third-order valence-electron chi connectivity index (χ3n) is 10.3. The molecule has 0 aromatic carbocycles. The number of rotatable bonds is 4. The summed E-state index contributed by atoms with van der Waals surface area (Å²) >= 11 is 0. The van der Waals surface area contributed by atoms with E-state index in [-0.39, 0.29) is 29.5 Å². The average Bonchev–Trinajstić information content (AvgIpc) is 3.00. The van der Waals surface area contributed by atoms with Crippen LogP contribution in [0.25, 0.3) is 0 Å². The number of aliphatic carboxylic acids is 1. The van der Waals surface area contributed by atoms with Crippen LogP contribution in [0.4, 0.5) is 0 Å². The van der Waals surface area contributed by atoms with Gasteiger partial charge in [-0.2, -0.15) is 0 Å². The van der Waals surface area contributed by atoms with Gasteiger partial charge in [0.05, 0.1) is 12.2 Å². The molecule has 28 heavy (non-hydrogen) atoms. The molecule has 0 bridgehead atoms. The fourth-order valence-corrected chi connectivity index (χ4v) is 8.71. The molecule has 1 unspecified atom stereocenters. The van der Waals surface area contributed by atoms with Gasteiger partial charge in [-0.05, 0) is 104 Å². The summed E-state index contributed by atoms with van der Waals surface area (Å²) < 4.78 is 0. The number of aliphatic hydroxyl groups excluding tert-OH is 2. The summed E-state index contributed by atoms with van der Waals surface area (Å²) in [5, 5.41) is 30.8. The van der Waals surface area contributed by atoms with Crippen LogP contribution >= 0.6 is 0 Å². The molecule has 4 fully saturated rings. The van der Waals surface area contributed by atoms with Gasteiger partial charge < -0.3 is 15.3 Å². The largest absolute Gasteiger partial charge is 0.481 e. The van der Waals surface area contributed by atoms with Crippen molar-refractivity contribution >= 4 is 5.97 Å². The fourth-order valence-electron chi connectivity index (χ4n) is 8.71. The molecule has 0 aliphatic heterocycles. The van der Waals surface area contributed by atoms with Gasteiger partial charge in [-0.25, -0.2) is 0 Å². The lowest BCUT2D eigenvalue weighted by molar-refractivity contribution is -0.175. The Hall–Kier alpha value is -0.610. The van der Waals surface area contributed by atoms with Gasteiger partial charge in [-0.1, -0.05) is 20.8 Å². The SMILES string of the molecule is C[C@H](CCC(=O)O)C1CC[C@H]2[C@@H]3CC[C@H]4C[C@H](O)CC[C@]4(C)[C@H]3C[C@H](O)[C@]12C. The molecule has 160 valence electrons. The Morgan fingerprint density at radius 2 is 1.79 bits per heavy atom. The van der Waals surface area contributed by atoms with Crippen molar-refractivity contribution in [3.63, 3.8) is 0 Å². The van der Waals surface area contributed by atoms with E-state index in [1.54, 1.807) is 0 Å². The third-order valence-corrected chi connectivity index (χ3v) is 10.3. The van der Waals surface area contributed by atoms with Gasteiger partial charge >= 0.3 is 5.97 Å². The van der Waals surface area contributed by atoms with Crippen molar-refractivity contribution in [1.29, 1.82) is 0 Å². The lowest BCUT2D eigenvalue weighted by Crippen LogP contribution is -2.58. The highest BCUT2D eigenvalue weighted by molar-refractivity contribution is 5.66. The summed E-state index contributed by atoms with van der Waals surface area (Å²) in [4.78, 5) is 11.1. The minimum atomic E-state index is -0.707. The lowest BCUT2D eigenvalue weighted by Gasteiger charge is -2.62. The van der Waals surface area contributed by atoms with E-state index >= 15 is 0 Å². The molecule has 0 saturated heterocycles. The second kappa shape index (κ2) is 7.27. The van der Waals surface area contributed by atoms with Crippen molar-refractivity contribution in [2.75, 3.05) is 0 Å². The quantitative estimate of drug-likeness (QED) is 0.659. The summed E-state index contributed by atoms with van der Waals surface area (Å²) in [5.74, 6) is 2.55.